The number of piperidine rings is 2. The normalized spacial score (nSPS) is 18.9. The van der Waals surface area contributed by atoms with Crippen LogP contribution in [-0.4, -0.2) is 55.9 Å². The summed E-state index contributed by atoms with van der Waals surface area (Å²) in [6, 6.07) is 8.26. The summed E-state index contributed by atoms with van der Waals surface area (Å²) in [5.41, 5.74) is 1.78. The summed E-state index contributed by atoms with van der Waals surface area (Å²) < 4.78 is 10.2. The lowest BCUT2D eigenvalue weighted by atomic mass is 9.79. The Morgan fingerprint density at radius 1 is 0.933 bits per heavy atom. The zero-order chi connectivity index (χ0) is 21.7. The lowest BCUT2D eigenvalue weighted by molar-refractivity contribution is -0.139. The topological polar surface area (TPSA) is 59.1 Å². The number of ether oxygens (including phenoxy) is 2. The number of likely N-dealkylation sites (tertiary alicyclic amines) is 1. The quantitative estimate of drug-likeness (QED) is 0.686. The summed E-state index contributed by atoms with van der Waals surface area (Å²) in [7, 11) is 1.42. The van der Waals surface area contributed by atoms with Crippen LogP contribution < -0.4 is 4.90 Å². The average Bonchev–Trinajstić information content (AvgIpc) is 2.73. The molecule has 0 unspecified atom stereocenters. The summed E-state index contributed by atoms with van der Waals surface area (Å²) in [4.78, 5) is 28.0. The number of methoxy groups -OCH3 is 1. The van der Waals surface area contributed by atoms with Crippen molar-refractivity contribution in [3.05, 3.63) is 29.8 Å². The van der Waals surface area contributed by atoms with Crippen molar-refractivity contribution in [1.29, 1.82) is 0 Å². The summed E-state index contributed by atoms with van der Waals surface area (Å²) >= 11 is 0. The molecule has 0 atom stereocenters. The van der Waals surface area contributed by atoms with Gasteiger partial charge in [-0.1, -0.05) is 12.1 Å². The Morgan fingerprint density at radius 3 is 1.97 bits per heavy atom. The second kappa shape index (κ2) is 9.71. The van der Waals surface area contributed by atoms with Crippen molar-refractivity contribution in [2.24, 2.45) is 11.8 Å². The number of benzene rings is 1. The van der Waals surface area contributed by atoms with Crippen molar-refractivity contribution in [3.8, 4) is 0 Å². The van der Waals surface area contributed by atoms with Crippen molar-refractivity contribution < 1.29 is 19.1 Å². The predicted octanol–water partition coefficient (Wildman–Crippen LogP) is 4.27. The van der Waals surface area contributed by atoms with E-state index in [-0.39, 0.29) is 12.1 Å². The third-order valence-electron chi connectivity index (χ3n) is 6.28. The van der Waals surface area contributed by atoms with E-state index in [0.29, 0.717) is 12.3 Å². The fraction of sp³-hybridized carbons (Fsp3) is 0.667. The van der Waals surface area contributed by atoms with E-state index in [1.165, 1.54) is 25.6 Å². The minimum atomic E-state index is -0.432. The molecule has 166 valence electrons. The van der Waals surface area contributed by atoms with Gasteiger partial charge in [0.25, 0.3) is 0 Å². The molecule has 0 spiro atoms. The second-order valence-corrected chi connectivity index (χ2v) is 9.55. The Balaban J connectivity index is 1.44. The first-order valence-corrected chi connectivity index (χ1v) is 11.1. The first kappa shape index (κ1) is 22.4. The van der Waals surface area contributed by atoms with E-state index in [2.05, 4.69) is 17.0 Å². The van der Waals surface area contributed by atoms with Gasteiger partial charge >= 0.3 is 12.1 Å². The standard InChI is InChI=1S/C24H36N2O4/c1-24(2,3)30-23(28)26-15-11-20(12-16-26)19-9-13-25(14-10-19)21-7-5-18(6-8-21)17-22(27)29-4/h5-8,19-20H,9-17H2,1-4H3. The number of anilines is 1. The maximum Gasteiger partial charge on any atom is 0.410 e. The lowest BCUT2D eigenvalue weighted by Crippen LogP contribution is -2.44. The van der Waals surface area contributed by atoms with Gasteiger partial charge in [-0.3, -0.25) is 4.79 Å². The molecular weight excluding hydrogens is 380 g/mol. The number of carbonyl (C=O) groups is 2. The Bertz CT molecular complexity index is 710. The van der Waals surface area contributed by atoms with E-state index in [4.69, 9.17) is 9.47 Å². The molecule has 3 rings (SSSR count). The number of esters is 1. The first-order chi connectivity index (χ1) is 14.2. The maximum absolute atomic E-state index is 12.3. The van der Waals surface area contributed by atoms with E-state index in [9.17, 15) is 9.59 Å². The molecule has 0 saturated carbocycles. The fourth-order valence-corrected chi connectivity index (χ4v) is 4.57. The van der Waals surface area contributed by atoms with Crippen molar-refractivity contribution in [1.82, 2.24) is 4.90 Å². The summed E-state index contributed by atoms with van der Waals surface area (Å²) in [6.45, 7) is 9.48. The molecule has 2 saturated heterocycles. The van der Waals surface area contributed by atoms with Crippen LogP contribution in [-0.2, 0) is 20.7 Å². The van der Waals surface area contributed by atoms with Gasteiger partial charge in [0.2, 0.25) is 0 Å². The van der Waals surface area contributed by atoms with Crippen molar-refractivity contribution >= 4 is 17.7 Å². The van der Waals surface area contributed by atoms with Crippen LogP contribution in [0.25, 0.3) is 0 Å². The molecule has 1 aromatic rings. The van der Waals surface area contributed by atoms with Crippen LogP contribution in [0.1, 0.15) is 52.0 Å². The third-order valence-corrected chi connectivity index (χ3v) is 6.28. The summed E-state index contributed by atoms with van der Waals surface area (Å²) in [5.74, 6) is 1.23. The first-order valence-electron chi connectivity index (χ1n) is 11.1. The Hall–Kier alpha value is -2.24. The van der Waals surface area contributed by atoms with Crippen LogP contribution in [0.5, 0.6) is 0 Å². The minimum absolute atomic E-state index is 0.175. The van der Waals surface area contributed by atoms with Gasteiger partial charge in [-0.25, -0.2) is 4.79 Å². The number of rotatable bonds is 4. The van der Waals surface area contributed by atoms with Crippen LogP contribution in [0.4, 0.5) is 10.5 Å². The van der Waals surface area contributed by atoms with E-state index >= 15 is 0 Å². The minimum Gasteiger partial charge on any atom is -0.469 e. The molecule has 0 N–H and O–H groups in total. The van der Waals surface area contributed by atoms with Crippen LogP contribution in [0.15, 0.2) is 24.3 Å². The number of hydrogen-bond donors (Lipinski definition) is 0. The highest BCUT2D eigenvalue weighted by Crippen LogP contribution is 2.34. The summed E-state index contributed by atoms with van der Waals surface area (Å²) in [5, 5.41) is 0. The van der Waals surface area contributed by atoms with E-state index in [0.717, 1.165) is 50.5 Å². The van der Waals surface area contributed by atoms with Gasteiger partial charge in [0, 0.05) is 31.9 Å². The van der Waals surface area contributed by atoms with E-state index in [1.54, 1.807) is 0 Å². The molecular formula is C24H36N2O4. The molecule has 0 aliphatic carbocycles. The van der Waals surface area contributed by atoms with Gasteiger partial charge in [0.1, 0.15) is 5.60 Å². The number of hydrogen-bond acceptors (Lipinski definition) is 5. The molecule has 0 aromatic heterocycles. The Labute approximate surface area is 180 Å². The smallest absolute Gasteiger partial charge is 0.410 e. The van der Waals surface area contributed by atoms with Crippen molar-refractivity contribution in [2.45, 2.75) is 58.5 Å². The van der Waals surface area contributed by atoms with Gasteiger partial charge in [-0.15, -0.1) is 0 Å². The molecule has 0 radical (unpaired) electrons. The molecule has 1 aromatic carbocycles. The highest BCUT2D eigenvalue weighted by Gasteiger charge is 2.32. The molecule has 2 aliphatic heterocycles. The molecule has 6 heteroatoms. The Morgan fingerprint density at radius 2 is 1.47 bits per heavy atom. The van der Waals surface area contributed by atoms with Crippen LogP contribution in [0.3, 0.4) is 0 Å². The molecule has 2 fully saturated rings. The third kappa shape index (κ3) is 6.13. The predicted molar refractivity (Wildman–Crippen MR) is 118 cm³/mol. The highest BCUT2D eigenvalue weighted by atomic mass is 16.6. The SMILES string of the molecule is COC(=O)Cc1ccc(N2CCC(C3CCN(C(=O)OC(C)(C)C)CC3)CC2)cc1. The van der Waals surface area contributed by atoms with Crippen molar-refractivity contribution in [2.75, 3.05) is 38.2 Å². The van der Waals surface area contributed by atoms with E-state index in [1.807, 2.05) is 37.8 Å². The summed E-state index contributed by atoms with van der Waals surface area (Å²) in [6.07, 6.45) is 4.69. The van der Waals surface area contributed by atoms with Crippen LogP contribution in [0.2, 0.25) is 0 Å². The van der Waals surface area contributed by atoms with Gasteiger partial charge in [-0.05, 0) is 76.0 Å². The molecule has 30 heavy (non-hydrogen) atoms. The molecule has 6 nitrogen and oxygen atoms in total. The molecule has 0 bridgehead atoms. The number of nitrogens with zero attached hydrogens (tertiary/aromatic N) is 2. The van der Waals surface area contributed by atoms with Crippen molar-refractivity contribution in [3.63, 3.8) is 0 Å². The van der Waals surface area contributed by atoms with Gasteiger partial charge in [0.05, 0.1) is 13.5 Å². The monoisotopic (exact) mass is 416 g/mol. The highest BCUT2D eigenvalue weighted by molar-refractivity contribution is 5.72. The van der Waals surface area contributed by atoms with Crippen LogP contribution >= 0.6 is 0 Å². The van der Waals surface area contributed by atoms with Gasteiger partial charge in [0.15, 0.2) is 0 Å². The Kier molecular flexibility index (Phi) is 7.27. The second-order valence-electron chi connectivity index (χ2n) is 9.55. The largest absolute Gasteiger partial charge is 0.469 e. The lowest BCUT2D eigenvalue weighted by Gasteiger charge is -2.41. The molecule has 2 heterocycles. The molecule has 2 aliphatic rings. The zero-order valence-corrected chi connectivity index (χ0v) is 18.9. The fourth-order valence-electron chi connectivity index (χ4n) is 4.57. The zero-order valence-electron chi connectivity index (χ0n) is 18.9. The average molecular weight is 417 g/mol. The number of carbonyl (C=O) groups excluding carboxylic acids is 2. The number of amides is 1. The van der Waals surface area contributed by atoms with Gasteiger partial charge in [-0.2, -0.15) is 0 Å². The van der Waals surface area contributed by atoms with Gasteiger partial charge < -0.3 is 19.3 Å². The van der Waals surface area contributed by atoms with Crippen LogP contribution in [0, 0.1) is 11.8 Å². The maximum atomic E-state index is 12.3. The van der Waals surface area contributed by atoms with E-state index < -0.39 is 5.60 Å². The molecule has 1 amide bonds.